The summed E-state index contributed by atoms with van der Waals surface area (Å²) < 4.78 is 2.38. The number of nitrogens with zero attached hydrogens (tertiary/aromatic N) is 3. The van der Waals surface area contributed by atoms with Crippen molar-refractivity contribution in [1.82, 2.24) is 14.5 Å². The van der Waals surface area contributed by atoms with Crippen LogP contribution >= 0.6 is 0 Å². The molecule has 46 heavy (non-hydrogen) atoms. The van der Waals surface area contributed by atoms with Crippen molar-refractivity contribution in [2.45, 2.75) is 24.6 Å². The van der Waals surface area contributed by atoms with E-state index in [4.69, 9.17) is 9.97 Å². The summed E-state index contributed by atoms with van der Waals surface area (Å²) in [5.41, 5.74) is 11.0. The first-order chi connectivity index (χ1) is 22.6. The van der Waals surface area contributed by atoms with Crippen LogP contribution < -0.4 is 5.19 Å². The first-order valence-corrected chi connectivity index (χ1v) is 19.2. The largest absolute Gasteiger partial charge is 0.309 e. The Kier molecular flexibility index (Phi) is 6.09. The second-order valence-corrected chi connectivity index (χ2v) is 17.7. The highest BCUT2D eigenvalue weighted by Gasteiger charge is 2.49. The second-order valence-electron chi connectivity index (χ2n) is 13.1. The van der Waals surface area contributed by atoms with E-state index < -0.39 is 8.07 Å². The van der Waals surface area contributed by atoms with Gasteiger partial charge in [0.2, 0.25) is 0 Å². The molecule has 0 radical (unpaired) electrons. The summed E-state index contributed by atoms with van der Waals surface area (Å²) in [4.78, 5) is 10.8. The zero-order chi connectivity index (χ0) is 30.8. The molecule has 0 fully saturated rings. The van der Waals surface area contributed by atoms with E-state index in [9.17, 15) is 0 Å². The molecule has 3 nitrogen and oxygen atoms in total. The van der Waals surface area contributed by atoms with Gasteiger partial charge in [0.1, 0.15) is 0 Å². The maximum atomic E-state index is 5.46. The van der Waals surface area contributed by atoms with Crippen molar-refractivity contribution in [2.24, 2.45) is 0 Å². The zero-order valence-corrected chi connectivity index (χ0v) is 26.9. The first kappa shape index (κ1) is 27.0. The number of hydrogen-bond acceptors (Lipinski definition) is 2. The smallest absolute Gasteiger partial charge is 0.160 e. The molecule has 2 aliphatic rings. The maximum absolute atomic E-state index is 5.46. The summed E-state index contributed by atoms with van der Waals surface area (Å²) in [5, 5.41) is 3.89. The Balaban J connectivity index is 1.27. The van der Waals surface area contributed by atoms with Gasteiger partial charge in [-0.15, -0.1) is 0 Å². The van der Waals surface area contributed by atoms with E-state index in [2.05, 4.69) is 169 Å². The molecule has 0 amide bonds. The van der Waals surface area contributed by atoms with Crippen LogP contribution in [0.2, 0.25) is 18.6 Å². The number of allylic oxidation sites excluding steroid dienone is 4. The molecule has 0 bridgehead atoms. The van der Waals surface area contributed by atoms with Crippen LogP contribution in [0, 0.1) is 0 Å². The molecule has 9 rings (SSSR count). The molecule has 2 unspecified atom stereocenters. The second kappa shape index (κ2) is 10.4. The van der Waals surface area contributed by atoms with Gasteiger partial charge in [0, 0.05) is 33.5 Å². The van der Waals surface area contributed by atoms with Gasteiger partial charge in [0.15, 0.2) is 5.82 Å². The Labute approximate surface area is 270 Å². The quantitative estimate of drug-likeness (QED) is 0.186. The molecule has 1 aliphatic heterocycles. The lowest BCUT2D eigenvalue weighted by Gasteiger charge is -2.27. The monoisotopic (exact) mass is 607 g/mol. The van der Waals surface area contributed by atoms with Crippen molar-refractivity contribution in [2.75, 3.05) is 0 Å². The van der Waals surface area contributed by atoms with Crippen LogP contribution in [-0.4, -0.2) is 22.6 Å². The average Bonchev–Trinajstić information content (AvgIpc) is 3.57. The minimum atomic E-state index is -1.96. The summed E-state index contributed by atoms with van der Waals surface area (Å²) in [6.07, 6.45) is 9.21. The fourth-order valence-corrected chi connectivity index (χ4v) is 11.6. The molecule has 0 saturated heterocycles. The van der Waals surface area contributed by atoms with E-state index in [-0.39, 0.29) is 5.92 Å². The normalized spacial score (nSPS) is 17.8. The fraction of sp³-hybridized carbons (Fsp3) is 0.0952. The van der Waals surface area contributed by atoms with Gasteiger partial charge in [-0.05, 0) is 52.2 Å². The van der Waals surface area contributed by atoms with Gasteiger partial charge in [0.05, 0.1) is 30.5 Å². The number of rotatable bonds is 4. The van der Waals surface area contributed by atoms with E-state index in [1.807, 2.05) is 0 Å². The molecule has 7 aromatic rings. The van der Waals surface area contributed by atoms with Gasteiger partial charge in [0.25, 0.3) is 0 Å². The maximum Gasteiger partial charge on any atom is 0.160 e. The Morgan fingerprint density at radius 3 is 2.00 bits per heavy atom. The highest BCUT2D eigenvalue weighted by atomic mass is 28.3. The van der Waals surface area contributed by atoms with Crippen molar-refractivity contribution in [3.63, 3.8) is 0 Å². The molecular weight excluding hydrogens is 575 g/mol. The Morgan fingerprint density at radius 1 is 0.565 bits per heavy atom. The van der Waals surface area contributed by atoms with E-state index in [0.29, 0.717) is 5.54 Å². The summed E-state index contributed by atoms with van der Waals surface area (Å²) in [6, 6.07) is 45.6. The lowest BCUT2D eigenvalue weighted by Crippen LogP contribution is -2.43. The van der Waals surface area contributed by atoms with Crippen LogP contribution in [0.4, 0.5) is 0 Å². The fourth-order valence-electron chi connectivity index (χ4n) is 7.83. The number of hydrogen-bond donors (Lipinski definition) is 0. The number of para-hydroxylation sites is 2. The Hall–Kier alpha value is -5.32. The number of aromatic nitrogens is 3. The van der Waals surface area contributed by atoms with Crippen molar-refractivity contribution >= 4 is 35.1 Å². The number of fused-ring (bicyclic) bond motifs is 6. The van der Waals surface area contributed by atoms with Gasteiger partial charge in [-0.2, -0.15) is 0 Å². The van der Waals surface area contributed by atoms with Gasteiger partial charge >= 0.3 is 0 Å². The van der Waals surface area contributed by atoms with Gasteiger partial charge in [-0.1, -0.05) is 134 Å². The number of benzene rings is 5. The van der Waals surface area contributed by atoms with Crippen LogP contribution in [0.15, 0.2) is 152 Å². The average molecular weight is 608 g/mol. The predicted octanol–water partition coefficient (Wildman–Crippen LogP) is 10.1. The SMILES string of the molecule is C[Si]1(C)c2c(-c3ccc4c(c3)c3ccccc3n4-c3ccccc3)nc(-c3ccc(-c4ccccc4)cc3)nc2C2C=CC=CC21. The lowest BCUT2D eigenvalue weighted by atomic mass is 9.95. The van der Waals surface area contributed by atoms with Crippen LogP contribution in [0.25, 0.3) is 61.3 Å². The predicted molar refractivity (Wildman–Crippen MR) is 195 cm³/mol. The van der Waals surface area contributed by atoms with Gasteiger partial charge in [-0.3, -0.25) is 0 Å². The highest BCUT2D eigenvalue weighted by molar-refractivity contribution is 6.93. The Bertz CT molecular complexity index is 2330. The van der Waals surface area contributed by atoms with E-state index in [0.717, 1.165) is 22.6 Å². The van der Waals surface area contributed by atoms with Gasteiger partial charge < -0.3 is 4.57 Å². The zero-order valence-electron chi connectivity index (χ0n) is 25.9. The van der Waals surface area contributed by atoms with Gasteiger partial charge in [-0.25, -0.2) is 9.97 Å². The van der Waals surface area contributed by atoms with Crippen molar-refractivity contribution in [3.8, 4) is 39.5 Å². The summed E-state index contributed by atoms with van der Waals surface area (Å²) in [6.45, 7) is 5.00. The molecule has 2 aromatic heterocycles. The summed E-state index contributed by atoms with van der Waals surface area (Å²) >= 11 is 0. The minimum Gasteiger partial charge on any atom is -0.309 e. The summed E-state index contributed by atoms with van der Waals surface area (Å²) in [5.74, 6) is 1.09. The first-order valence-electron chi connectivity index (χ1n) is 16.1. The molecule has 0 saturated carbocycles. The molecule has 0 N–H and O–H groups in total. The lowest BCUT2D eigenvalue weighted by molar-refractivity contribution is 0.823. The third-order valence-electron chi connectivity index (χ3n) is 10.1. The highest BCUT2D eigenvalue weighted by Crippen LogP contribution is 2.48. The van der Waals surface area contributed by atoms with E-state index >= 15 is 0 Å². The van der Waals surface area contributed by atoms with Crippen molar-refractivity contribution < 1.29 is 0 Å². The van der Waals surface area contributed by atoms with Crippen molar-refractivity contribution in [1.29, 1.82) is 0 Å². The minimum absolute atomic E-state index is 0.287. The van der Waals surface area contributed by atoms with E-state index in [1.54, 1.807) is 0 Å². The molecule has 2 atom stereocenters. The topological polar surface area (TPSA) is 30.7 Å². The third-order valence-corrected chi connectivity index (χ3v) is 14.1. The molecule has 1 aliphatic carbocycles. The van der Waals surface area contributed by atoms with Crippen LogP contribution in [0.3, 0.4) is 0 Å². The van der Waals surface area contributed by atoms with Crippen molar-refractivity contribution in [3.05, 3.63) is 157 Å². The van der Waals surface area contributed by atoms with Crippen LogP contribution in [-0.2, 0) is 0 Å². The standard InChI is InChI=1S/C42H33N3Si/c1-46(2)38-20-12-10-18-34(38)40-41(46)39(43-42(44-40)30-23-21-29(22-24-30)28-13-5-3-6-14-28)31-25-26-37-35(27-31)33-17-9-11-19-36(33)45(37)32-15-7-4-8-16-32/h3-27,34,38H,1-2H3. The molecular formula is C42H33N3Si. The summed E-state index contributed by atoms with van der Waals surface area (Å²) in [7, 11) is -1.96. The Morgan fingerprint density at radius 2 is 1.20 bits per heavy atom. The molecule has 5 aromatic carbocycles. The molecule has 220 valence electrons. The molecule has 3 heterocycles. The van der Waals surface area contributed by atoms with Crippen LogP contribution in [0.5, 0.6) is 0 Å². The molecule has 0 spiro atoms. The van der Waals surface area contributed by atoms with Crippen LogP contribution in [0.1, 0.15) is 11.6 Å². The van der Waals surface area contributed by atoms with E-state index in [1.165, 1.54) is 49.5 Å². The third kappa shape index (κ3) is 4.10. The molecule has 4 heteroatoms.